The maximum atomic E-state index is 3.20. The predicted octanol–water partition coefficient (Wildman–Crippen LogP) is 4.99. The van der Waals surface area contributed by atoms with E-state index < -0.39 is 0 Å². The number of rotatable bonds is 5. The highest BCUT2D eigenvalue weighted by Crippen LogP contribution is 2.30. The molecule has 0 bridgehead atoms. The van der Waals surface area contributed by atoms with Gasteiger partial charge in [0.05, 0.1) is 0 Å². The molecule has 0 heterocycles. The lowest BCUT2D eigenvalue weighted by molar-refractivity contribution is 0.811. The van der Waals surface area contributed by atoms with Gasteiger partial charge in [-0.1, -0.05) is 43.8 Å². The first-order valence-electron chi connectivity index (χ1n) is 7.12. The Bertz CT molecular complexity index is 558. The van der Waals surface area contributed by atoms with Crippen molar-refractivity contribution in [3.63, 3.8) is 0 Å². The van der Waals surface area contributed by atoms with E-state index in [-0.39, 0.29) is 0 Å². The Morgan fingerprint density at radius 1 is 1.00 bits per heavy atom. The number of aryl methyl sites for hydroxylation is 1. The standard InChI is InChI=1S/C18H23NS/c1-13(2)15-5-8-17(9-6-15)20-18-10-7-16(12-19-4)14(3)11-18/h5-11,13,19H,12H2,1-4H3. The maximum Gasteiger partial charge on any atom is 0.0205 e. The van der Waals surface area contributed by atoms with E-state index in [9.17, 15) is 0 Å². The summed E-state index contributed by atoms with van der Waals surface area (Å²) in [6, 6.07) is 15.6. The van der Waals surface area contributed by atoms with Crippen molar-refractivity contribution in [2.24, 2.45) is 0 Å². The molecule has 0 spiro atoms. The zero-order valence-corrected chi connectivity index (χ0v) is 13.6. The van der Waals surface area contributed by atoms with E-state index in [1.165, 1.54) is 26.5 Å². The fraction of sp³-hybridized carbons (Fsp3) is 0.333. The minimum Gasteiger partial charge on any atom is -0.316 e. The van der Waals surface area contributed by atoms with E-state index in [2.05, 4.69) is 68.6 Å². The summed E-state index contributed by atoms with van der Waals surface area (Å²) in [6.45, 7) is 7.57. The lowest BCUT2D eigenvalue weighted by Crippen LogP contribution is -2.06. The van der Waals surface area contributed by atoms with Gasteiger partial charge in [-0.15, -0.1) is 0 Å². The third kappa shape index (κ3) is 3.87. The summed E-state index contributed by atoms with van der Waals surface area (Å²) in [6.07, 6.45) is 0. The van der Waals surface area contributed by atoms with Crippen LogP contribution in [0.5, 0.6) is 0 Å². The average Bonchev–Trinajstić information content (AvgIpc) is 2.42. The molecule has 0 amide bonds. The van der Waals surface area contributed by atoms with Crippen LogP contribution >= 0.6 is 11.8 Å². The zero-order valence-electron chi connectivity index (χ0n) is 12.7. The van der Waals surface area contributed by atoms with Crippen molar-refractivity contribution in [3.8, 4) is 0 Å². The molecule has 0 aliphatic carbocycles. The fourth-order valence-electron chi connectivity index (χ4n) is 2.18. The quantitative estimate of drug-likeness (QED) is 0.830. The van der Waals surface area contributed by atoms with Gasteiger partial charge in [0, 0.05) is 16.3 Å². The summed E-state index contributed by atoms with van der Waals surface area (Å²) >= 11 is 1.83. The largest absolute Gasteiger partial charge is 0.316 e. The Morgan fingerprint density at radius 3 is 2.20 bits per heavy atom. The maximum absolute atomic E-state index is 3.20. The molecule has 0 saturated carbocycles. The monoisotopic (exact) mass is 285 g/mol. The van der Waals surface area contributed by atoms with Gasteiger partial charge in [-0.3, -0.25) is 0 Å². The second kappa shape index (κ2) is 6.96. The van der Waals surface area contributed by atoms with Gasteiger partial charge >= 0.3 is 0 Å². The van der Waals surface area contributed by atoms with E-state index in [1.54, 1.807) is 0 Å². The third-order valence-corrected chi connectivity index (χ3v) is 4.46. The summed E-state index contributed by atoms with van der Waals surface area (Å²) in [7, 11) is 1.98. The number of hydrogen-bond acceptors (Lipinski definition) is 2. The van der Waals surface area contributed by atoms with Gasteiger partial charge in [0.2, 0.25) is 0 Å². The summed E-state index contributed by atoms with van der Waals surface area (Å²) in [4.78, 5) is 2.61. The van der Waals surface area contributed by atoms with Crippen LogP contribution in [0.15, 0.2) is 52.3 Å². The van der Waals surface area contributed by atoms with Gasteiger partial charge in [0.25, 0.3) is 0 Å². The highest BCUT2D eigenvalue weighted by atomic mass is 32.2. The van der Waals surface area contributed by atoms with Crippen LogP contribution in [-0.4, -0.2) is 7.05 Å². The van der Waals surface area contributed by atoms with Crippen LogP contribution in [0.4, 0.5) is 0 Å². The molecule has 20 heavy (non-hydrogen) atoms. The topological polar surface area (TPSA) is 12.0 Å². The van der Waals surface area contributed by atoms with Gasteiger partial charge in [0.1, 0.15) is 0 Å². The highest BCUT2D eigenvalue weighted by molar-refractivity contribution is 7.99. The summed E-state index contributed by atoms with van der Waals surface area (Å²) in [5.74, 6) is 0.595. The molecule has 0 aliphatic heterocycles. The van der Waals surface area contributed by atoms with E-state index in [0.717, 1.165) is 6.54 Å². The van der Waals surface area contributed by atoms with Gasteiger partial charge in [-0.2, -0.15) is 0 Å². The van der Waals surface area contributed by atoms with Crippen molar-refractivity contribution < 1.29 is 0 Å². The van der Waals surface area contributed by atoms with Crippen LogP contribution in [0, 0.1) is 6.92 Å². The lowest BCUT2D eigenvalue weighted by Gasteiger charge is -2.09. The van der Waals surface area contributed by atoms with Crippen LogP contribution < -0.4 is 5.32 Å². The number of benzene rings is 2. The van der Waals surface area contributed by atoms with Gasteiger partial charge < -0.3 is 5.32 Å². The number of nitrogens with one attached hydrogen (secondary N) is 1. The number of hydrogen-bond donors (Lipinski definition) is 1. The minimum absolute atomic E-state index is 0.595. The van der Waals surface area contributed by atoms with Crippen molar-refractivity contribution in [2.75, 3.05) is 7.05 Å². The Balaban J connectivity index is 2.11. The second-order valence-corrected chi connectivity index (χ2v) is 6.59. The SMILES string of the molecule is CNCc1ccc(Sc2ccc(C(C)C)cc2)cc1C. The van der Waals surface area contributed by atoms with Crippen LogP contribution in [0.2, 0.25) is 0 Å². The molecule has 2 rings (SSSR count). The molecule has 0 aromatic heterocycles. The molecule has 106 valence electrons. The lowest BCUT2D eigenvalue weighted by atomic mass is 10.0. The molecular formula is C18H23NS. The highest BCUT2D eigenvalue weighted by Gasteiger charge is 2.03. The van der Waals surface area contributed by atoms with E-state index in [0.29, 0.717) is 5.92 Å². The Hall–Kier alpha value is -1.25. The summed E-state index contributed by atoms with van der Waals surface area (Å²) < 4.78 is 0. The third-order valence-electron chi connectivity index (χ3n) is 3.46. The van der Waals surface area contributed by atoms with E-state index in [4.69, 9.17) is 0 Å². The smallest absolute Gasteiger partial charge is 0.0205 e. The minimum atomic E-state index is 0.595. The Kier molecular flexibility index (Phi) is 5.27. The molecule has 2 heteroatoms. The first-order valence-corrected chi connectivity index (χ1v) is 7.93. The van der Waals surface area contributed by atoms with E-state index in [1.807, 2.05) is 18.8 Å². The molecule has 0 atom stereocenters. The molecule has 0 radical (unpaired) electrons. The van der Waals surface area contributed by atoms with E-state index >= 15 is 0 Å². The van der Waals surface area contributed by atoms with Crippen LogP contribution in [-0.2, 0) is 6.54 Å². The van der Waals surface area contributed by atoms with Crippen LogP contribution in [0.3, 0.4) is 0 Å². The zero-order chi connectivity index (χ0) is 14.5. The molecule has 0 aliphatic rings. The Morgan fingerprint density at radius 2 is 1.65 bits per heavy atom. The molecule has 0 fully saturated rings. The van der Waals surface area contributed by atoms with Gasteiger partial charge in [-0.25, -0.2) is 0 Å². The van der Waals surface area contributed by atoms with Crippen molar-refractivity contribution in [1.82, 2.24) is 5.32 Å². The van der Waals surface area contributed by atoms with Crippen molar-refractivity contribution in [3.05, 3.63) is 59.2 Å². The van der Waals surface area contributed by atoms with Gasteiger partial charge in [0.15, 0.2) is 0 Å². The molecule has 0 saturated heterocycles. The normalized spacial score (nSPS) is 11.1. The molecule has 2 aromatic rings. The average molecular weight is 285 g/mol. The van der Waals surface area contributed by atoms with Crippen LogP contribution in [0.25, 0.3) is 0 Å². The molecular weight excluding hydrogens is 262 g/mol. The van der Waals surface area contributed by atoms with Crippen LogP contribution in [0.1, 0.15) is 36.5 Å². The fourth-order valence-corrected chi connectivity index (χ4v) is 3.09. The van der Waals surface area contributed by atoms with Gasteiger partial charge in [-0.05, 0) is 60.8 Å². The summed E-state index contributed by atoms with van der Waals surface area (Å²) in [5, 5.41) is 3.20. The van der Waals surface area contributed by atoms with Crippen molar-refractivity contribution >= 4 is 11.8 Å². The van der Waals surface area contributed by atoms with Crippen molar-refractivity contribution in [1.29, 1.82) is 0 Å². The molecule has 1 N–H and O–H groups in total. The summed E-state index contributed by atoms with van der Waals surface area (Å²) in [5.41, 5.74) is 4.12. The Labute approximate surface area is 126 Å². The first kappa shape index (κ1) is 15.1. The second-order valence-electron chi connectivity index (χ2n) is 5.44. The molecule has 2 aromatic carbocycles. The molecule has 1 nitrogen and oxygen atoms in total. The molecule has 0 unspecified atom stereocenters. The predicted molar refractivity (Wildman–Crippen MR) is 88.6 cm³/mol. The van der Waals surface area contributed by atoms with Crippen molar-refractivity contribution in [2.45, 2.75) is 43.0 Å². The first-order chi connectivity index (χ1) is 9.60.